The highest BCUT2D eigenvalue weighted by atomic mass is 32.2. The van der Waals surface area contributed by atoms with E-state index in [0.717, 1.165) is 6.42 Å². The van der Waals surface area contributed by atoms with Crippen LogP contribution in [0.1, 0.15) is 26.2 Å². The number of unbranched alkanes of at least 4 members (excludes halogenated alkanes) is 1. The fourth-order valence-corrected chi connectivity index (χ4v) is 2.80. The number of carbonyl (C=O) groups is 2. The van der Waals surface area contributed by atoms with Gasteiger partial charge in [0.25, 0.3) is 0 Å². The Morgan fingerprint density at radius 1 is 1.47 bits per heavy atom. The van der Waals surface area contributed by atoms with Gasteiger partial charge in [-0.2, -0.15) is 0 Å². The Morgan fingerprint density at radius 3 is 2.47 bits per heavy atom. The minimum atomic E-state index is -2.75. The van der Waals surface area contributed by atoms with Gasteiger partial charge in [-0.05, 0) is 12.8 Å². The largest absolute Gasteiger partial charge is 0.465 e. The number of primary amides is 1. The summed E-state index contributed by atoms with van der Waals surface area (Å²) in [5, 5.41) is 10.4. The van der Waals surface area contributed by atoms with Crippen LogP contribution in [0, 0.1) is 4.78 Å². The minimum Gasteiger partial charge on any atom is -0.465 e. The van der Waals surface area contributed by atoms with Gasteiger partial charge in [0.1, 0.15) is 6.04 Å². The van der Waals surface area contributed by atoms with Crippen molar-refractivity contribution >= 4 is 21.7 Å². The second kappa shape index (κ2) is 7.10. The lowest BCUT2D eigenvalue weighted by Gasteiger charge is -2.14. The van der Waals surface area contributed by atoms with Crippen molar-refractivity contribution < 1.29 is 18.9 Å². The van der Waals surface area contributed by atoms with Crippen LogP contribution in [0.5, 0.6) is 0 Å². The number of amides is 2. The van der Waals surface area contributed by atoms with Crippen molar-refractivity contribution in [3.63, 3.8) is 0 Å². The van der Waals surface area contributed by atoms with E-state index >= 15 is 0 Å². The molecule has 0 aromatic carbocycles. The quantitative estimate of drug-likeness (QED) is 0.503. The molecule has 0 aromatic rings. The Hall–Kier alpha value is -1.31. The van der Waals surface area contributed by atoms with E-state index in [1.54, 1.807) is 0 Å². The molecule has 0 aromatic heterocycles. The molecule has 17 heavy (non-hydrogen) atoms. The smallest absolute Gasteiger partial charge is 0.405 e. The molecule has 0 aliphatic heterocycles. The van der Waals surface area contributed by atoms with Crippen LogP contribution in [0.2, 0.25) is 0 Å². The van der Waals surface area contributed by atoms with Crippen LogP contribution in [0.15, 0.2) is 0 Å². The molecule has 1 unspecified atom stereocenters. The molecule has 7 nitrogen and oxygen atoms in total. The fourth-order valence-electron chi connectivity index (χ4n) is 1.22. The number of nitrogens with two attached hydrogens (primary N) is 1. The number of nitrogens with one attached hydrogen (secondary N) is 2. The second-order valence-corrected chi connectivity index (χ2v) is 6.21. The summed E-state index contributed by atoms with van der Waals surface area (Å²) >= 11 is 0. The molecule has 0 heterocycles. The first-order valence-corrected chi connectivity index (χ1v) is 7.21. The Morgan fingerprint density at radius 2 is 2.06 bits per heavy atom. The molecule has 5 N–H and O–H groups in total. The van der Waals surface area contributed by atoms with E-state index in [9.17, 15) is 13.8 Å². The Bertz CT molecular complexity index is 366. The first-order valence-electron chi connectivity index (χ1n) is 5.31. The summed E-state index contributed by atoms with van der Waals surface area (Å²) in [6.45, 7) is 1.92. The van der Waals surface area contributed by atoms with Crippen molar-refractivity contribution in [2.75, 3.05) is 11.5 Å². The average molecular weight is 265 g/mol. The molecule has 0 saturated carbocycles. The second-order valence-electron chi connectivity index (χ2n) is 3.77. The molecule has 0 radical (unpaired) electrons. The van der Waals surface area contributed by atoms with Crippen molar-refractivity contribution in [2.45, 2.75) is 32.2 Å². The van der Waals surface area contributed by atoms with E-state index in [1.807, 2.05) is 12.2 Å². The standard InChI is InChI=1S/C9H19N3O4S/c1-2-3-5-17(11,16)6-4-7(8(10)13)12-9(14)15/h7,11-12H,2-6H2,1H3,(H2,10,13)(H,14,15)/t7-,17?/m0/s1. The average Bonchev–Trinajstić information content (AvgIpc) is 2.20. The fraction of sp³-hybridized carbons (Fsp3) is 0.778. The van der Waals surface area contributed by atoms with Gasteiger partial charge in [0, 0.05) is 21.2 Å². The van der Waals surface area contributed by atoms with Gasteiger partial charge < -0.3 is 16.2 Å². The molecular weight excluding hydrogens is 246 g/mol. The predicted molar refractivity (Wildman–Crippen MR) is 64.3 cm³/mol. The maximum absolute atomic E-state index is 11.7. The van der Waals surface area contributed by atoms with Gasteiger partial charge in [0.2, 0.25) is 5.91 Å². The molecule has 0 saturated heterocycles. The molecule has 0 rings (SSSR count). The molecule has 2 atom stereocenters. The van der Waals surface area contributed by atoms with Crippen molar-refractivity contribution in [1.82, 2.24) is 5.32 Å². The van der Waals surface area contributed by atoms with Crippen LogP contribution in [0.25, 0.3) is 0 Å². The first kappa shape index (κ1) is 15.7. The van der Waals surface area contributed by atoms with Crippen molar-refractivity contribution in [3.05, 3.63) is 0 Å². The van der Waals surface area contributed by atoms with E-state index in [1.165, 1.54) is 0 Å². The van der Waals surface area contributed by atoms with Gasteiger partial charge >= 0.3 is 6.09 Å². The Kier molecular flexibility index (Phi) is 6.55. The van der Waals surface area contributed by atoms with Crippen molar-refractivity contribution in [2.24, 2.45) is 5.73 Å². The lowest BCUT2D eigenvalue weighted by molar-refractivity contribution is -0.119. The number of hydrogen-bond donors (Lipinski definition) is 4. The Labute approximate surface area is 101 Å². The Balaban J connectivity index is 4.30. The lowest BCUT2D eigenvalue weighted by Crippen LogP contribution is -2.44. The highest BCUT2D eigenvalue weighted by Crippen LogP contribution is 2.03. The molecule has 0 bridgehead atoms. The van der Waals surface area contributed by atoms with E-state index in [-0.39, 0.29) is 17.9 Å². The SMILES string of the molecule is CCCCS(=N)(=O)CC[C@H](NC(=O)O)C(N)=O. The molecule has 0 spiro atoms. The third kappa shape index (κ3) is 7.56. The third-order valence-electron chi connectivity index (χ3n) is 2.21. The molecule has 0 aliphatic rings. The van der Waals surface area contributed by atoms with Gasteiger partial charge in [-0.25, -0.2) is 9.00 Å². The maximum atomic E-state index is 11.7. The molecular formula is C9H19N3O4S. The van der Waals surface area contributed by atoms with E-state index in [4.69, 9.17) is 15.6 Å². The maximum Gasteiger partial charge on any atom is 0.405 e. The zero-order valence-electron chi connectivity index (χ0n) is 9.77. The van der Waals surface area contributed by atoms with E-state index < -0.39 is 27.8 Å². The van der Waals surface area contributed by atoms with Crippen molar-refractivity contribution in [3.8, 4) is 0 Å². The molecule has 8 heteroatoms. The highest BCUT2D eigenvalue weighted by Gasteiger charge is 2.19. The van der Waals surface area contributed by atoms with Crippen LogP contribution in [0.4, 0.5) is 4.79 Å². The summed E-state index contributed by atoms with van der Waals surface area (Å²) in [4.78, 5) is 21.3. The molecule has 100 valence electrons. The van der Waals surface area contributed by atoms with Crippen LogP contribution in [-0.4, -0.2) is 38.9 Å². The van der Waals surface area contributed by atoms with Gasteiger partial charge in [0.05, 0.1) is 0 Å². The van der Waals surface area contributed by atoms with E-state index in [2.05, 4.69) is 0 Å². The number of hydrogen-bond acceptors (Lipinski definition) is 4. The summed E-state index contributed by atoms with van der Waals surface area (Å²) in [6, 6.07) is -1.08. The highest BCUT2D eigenvalue weighted by molar-refractivity contribution is 7.92. The van der Waals surface area contributed by atoms with Crippen LogP contribution in [-0.2, 0) is 14.5 Å². The van der Waals surface area contributed by atoms with Crippen LogP contribution < -0.4 is 11.1 Å². The zero-order chi connectivity index (χ0) is 13.5. The molecule has 0 aliphatic carbocycles. The summed E-state index contributed by atoms with van der Waals surface area (Å²) in [6.07, 6.45) is 0.144. The van der Waals surface area contributed by atoms with Gasteiger partial charge in [-0.3, -0.25) is 9.57 Å². The monoisotopic (exact) mass is 265 g/mol. The van der Waals surface area contributed by atoms with Gasteiger partial charge in [0.15, 0.2) is 0 Å². The summed E-state index contributed by atoms with van der Waals surface area (Å²) in [5.74, 6) is -0.582. The number of carbonyl (C=O) groups excluding carboxylic acids is 1. The topological polar surface area (TPSA) is 133 Å². The summed E-state index contributed by atoms with van der Waals surface area (Å²) in [7, 11) is -2.75. The normalized spacial score (nSPS) is 15.8. The summed E-state index contributed by atoms with van der Waals surface area (Å²) in [5.41, 5.74) is 5.00. The minimum absolute atomic E-state index is 0.00627. The van der Waals surface area contributed by atoms with Crippen LogP contribution in [0.3, 0.4) is 0 Å². The predicted octanol–water partition coefficient (Wildman–Crippen LogP) is 0.345. The zero-order valence-corrected chi connectivity index (χ0v) is 10.6. The van der Waals surface area contributed by atoms with Gasteiger partial charge in [-0.15, -0.1) is 0 Å². The van der Waals surface area contributed by atoms with E-state index in [0.29, 0.717) is 6.42 Å². The lowest BCUT2D eigenvalue weighted by atomic mass is 10.2. The number of carboxylic acid groups (broad SMARTS) is 1. The molecule has 2 amide bonds. The molecule has 0 fully saturated rings. The number of rotatable bonds is 8. The summed E-state index contributed by atoms with van der Waals surface area (Å²) < 4.78 is 19.2. The van der Waals surface area contributed by atoms with Crippen LogP contribution >= 0.6 is 0 Å². The van der Waals surface area contributed by atoms with Gasteiger partial charge in [-0.1, -0.05) is 13.3 Å². The first-order chi connectivity index (χ1) is 7.78. The third-order valence-corrected chi connectivity index (χ3v) is 4.05. The van der Waals surface area contributed by atoms with Crippen molar-refractivity contribution in [1.29, 1.82) is 4.78 Å².